The molecule has 0 aliphatic rings. The molecule has 1 aromatic carbocycles. The third kappa shape index (κ3) is 3.99. The van der Waals surface area contributed by atoms with Gasteiger partial charge in [-0.2, -0.15) is 5.26 Å². The molecule has 1 amide bonds. The molecule has 0 aliphatic carbocycles. The quantitative estimate of drug-likeness (QED) is 0.817. The van der Waals surface area contributed by atoms with Gasteiger partial charge in [0.05, 0.1) is 5.56 Å². The van der Waals surface area contributed by atoms with Crippen LogP contribution in [0, 0.1) is 11.3 Å². The van der Waals surface area contributed by atoms with Gasteiger partial charge in [-0.1, -0.05) is 12.1 Å². The smallest absolute Gasteiger partial charge is 0.260 e. The molecule has 0 radical (unpaired) electrons. The Morgan fingerprint density at radius 1 is 1.26 bits per heavy atom. The molecule has 0 saturated heterocycles. The van der Waals surface area contributed by atoms with E-state index in [2.05, 4.69) is 0 Å². The summed E-state index contributed by atoms with van der Waals surface area (Å²) in [7, 11) is 0. The summed E-state index contributed by atoms with van der Waals surface area (Å²) < 4.78 is 5.46. The van der Waals surface area contributed by atoms with Crippen LogP contribution in [0.3, 0.4) is 0 Å². The van der Waals surface area contributed by atoms with Gasteiger partial charge in [-0.3, -0.25) is 4.79 Å². The first-order valence-electron chi connectivity index (χ1n) is 6.40. The van der Waals surface area contributed by atoms with E-state index >= 15 is 0 Å². The van der Waals surface area contributed by atoms with Gasteiger partial charge in [0.1, 0.15) is 11.8 Å². The van der Waals surface area contributed by atoms with Crippen LogP contribution in [0.4, 0.5) is 0 Å². The highest BCUT2D eigenvalue weighted by Crippen LogP contribution is 2.17. The number of rotatable bonds is 5. The first-order chi connectivity index (χ1) is 8.97. The molecule has 0 unspecified atom stereocenters. The standard InChI is InChI=1S/C15H20N2O2/c1-11(2)17(12(3)4)15(18)10-19-14-8-6-5-7-13(14)9-16/h5-8,11-12H,10H2,1-4H3. The van der Waals surface area contributed by atoms with E-state index in [1.807, 2.05) is 33.8 Å². The van der Waals surface area contributed by atoms with Crippen molar-refractivity contribution < 1.29 is 9.53 Å². The number of benzene rings is 1. The van der Waals surface area contributed by atoms with E-state index in [4.69, 9.17) is 10.00 Å². The Bertz CT molecular complexity index is 467. The second-order valence-electron chi connectivity index (χ2n) is 4.89. The van der Waals surface area contributed by atoms with Crippen LogP contribution >= 0.6 is 0 Å². The van der Waals surface area contributed by atoms with Crippen LogP contribution in [0.25, 0.3) is 0 Å². The molecule has 1 aromatic rings. The second kappa shape index (κ2) is 6.79. The van der Waals surface area contributed by atoms with E-state index in [-0.39, 0.29) is 24.6 Å². The maximum absolute atomic E-state index is 12.1. The molecule has 0 bridgehead atoms. The molecule has 102 valence electrons. The molecule has 0 N–H and O–H groups in total. The Morgan fingerprint density at radius 3 is 2.37 bits per heavy atom. The number of hydrogen-bond donors (Lipinski definition) is 0. The Balaban J connectivity index is 2.71. The Morgan fingerprint density at radius 2 is 1.84 bits per heavy atom. The Kier molecular flexibility index (Phi) is 5.37. The van der Waals surface area contributed by atoms with Crippen molar-refractivity contribution in [3.05, 3.63) is 29.8 Å². The van der Waals surface area contributed by atoms with Gasteiger partial charge in [0.25, 0.3) is 5.91 Å². The zero-order valence-electron chi connectivity index (χ0n) is 11.9. The Labute approximate surface area is 114 Å². The molecule has 0 spiro atoms. The molecule has 0 aromatic heterocycles. The summed E-state index contributed by atoms with van der Waals surface area (Å²) in [5.74, 6) is 0.378. The number of carbonyl (C=O) groups excluding carboxylic acids is 1. The highest BCUT2D eigenvalue weighted by molar-refractivity contribution is 5.78. The first-order valence-corrected chi connectivity index (χ1v) is 6.40. The maximum atomic E-state index is 12.1. The minimum Gasteiger partial charge on any atom is -0.482 e. The van der Waals surface area contributed by atoms with Crippen LogP contribution in [0.5, 0.6) is 5.75 Å². The normalized spacial score (nSPS) is 10.4. The summed E-state index contributed by atoms with van der Waals surface area (Å²) in [4.78, 5) is 13.9. The van der Waals surface area contributed by atoms with Gasteiger partial charge < -0.3 is 9.64 Å². The average molecular weight is 260 g/mol. The van der Waals surface area contributed by atoms with Crippen LogP contribution in [0.2, 0.25) is 0 Å². The number of nitrogens with zero attached hydrogens (tertiary/aromatic N) is 2. The zero-order valence-corrected chi connectivity index (χ0v) is 11.9. The highest BCUT2D eigenvalue weighted by atomic mass is 16.5. The van der Waals surface area contributed by atoms with Crippen LogP contribution in [0.15, 0.2) is 24.3 Å². The predicted molar refractivity (Wildman–Crippen MR) is 73.8 cm³/mol. The fourth-order valence-corrected chi connectivity index (χ4v) is 2.07. The van der Waals surface area contributed by atoms with Crippen LogP contribution in [-0.4, -0.2) is 29.5 Å². The molecule has 0 saturated carbocycles. The van der Waals surface area contributed by atoms with Gasteiger partial charge in [0.15, 0.2) is 6.61 Å². The SMILES string of the molecule is CC(C)N(C(=O)COc1ccccc1C#N)C(C)C. The molecular weight excluding hydrogens is 240 g/mol. The molecule has 4 nitrogen and oxygen atoms in total. The van der Waals surface area contributed by atoms with Crippen molar-refractivity contribution in [2.75, 3.05) is 6.61 Å². The molecule has 1 rings (SSSR count). The summed E-state index contributed by atoms with van der Waals surface area (Å²) in [5.41, 5.74) is 0.441. The highest BCUT2D eigenvalue weighted by Gasteiger charge is 2.20. The summed E-state index contributed by atoms with van der Waals surface area (Å²) in [6.45, 7) is 7.85. The average Bonchev–Trinajstić information content (AvgIpc) is 2.35. The number of nitriles is 1. The van der Waals surface area contributed by atoms with Crippen LogP contribution in [0.1, 0.15) is 33.3 Å². The van der Waals surface area contributed by atoms with E-state index < -0.39 is 0 Å². The molecule has 0 aliphatic heterocycles. The lowest BCUT2D eigenvalue weighted by Gasteiger charge is -2.30. The number of carbonyl (C=O) groups is 1. The topological polar surface area (TPSA) is 53.3 Å². The fraction of sp³-hybridized carbons (Fsp3) is 0.467. The van der Waals surface area contributed by atoms with E-state index in [9.17, 15) is 4.79 Å². The fourth-order valence-electron chi connectivity index (χ4n) is 2.07. The number of amides is 1. The lowest BCUT2D eigenvalue weighted by Crippen LogP contribution is -2.44. The predicted octanol–water partition coefficient (Wildman–Crippen LogP) is 2.58. The van der Waals surface area contributed by atoms with Gasteiger partial charge in [-0.05, 0) is 39.8 Å². The molecule has 0 heterocycles. The van der Waals surface area contributed by atoms with Crippen molar-refractivity contribution >= 4 is 5.91 Å². The van der Waals surface area contributed by atoms with Gasteiger partial charge in [0, 0.05) is 12.1 Å². The van der Waals surface area contributed by atoms with E-state index in [0.717, 1.165) is 0 Å². The van der Waals surface area contributed by atoms with Crippen molar-refractivity contribution in [3.63, 3.8) is 0 Å². The lowest BCUT2D eigenvalue weighted by atomic mass is 10.2. The number of para-hydroxylation sites is 1. The minimum atomic E-state index is -0.0715. The van der Waals surface area contributed by atoms with Crippen LogP contribution < -0.4 is 4.74 Å². The van der Waals surface area contributed by atoms with Crippen LogP contribution in [-0.2, 0) is 4.79 Å². The largest absolute Gasteiger partial charge is 0.482 e. The summed E-state index contributed by atoms with van der Waals surface area (Å²) in [6, 6.07) is 9.21. The van der Waals surface area contributed by atoms with Gasteiger partial charge in [0.2, 0.25) is 0 Å². The third-order valence-corrected chi connectivity index (χ3v) is 2.76. The summed E-state index contributed by atoms with van der Waals surface area (Å²) in [6.07, 6.45) is 0. The monoisotopic (exact) mass is 260 g/mol. The number of hydrogen-bond acceptors (Lipinski definition) is 3. The van der Waals surface area contributed by atoms with E-state index in [1.54, 1.807) is 29.2 Å². The van der Waals surface area contributed by atoms with Crippen molar-refractivity contribution in [1.82, 2.24) is 4.90 Å². The van der Waals surface area contributed by atoms with Gasteiger partial charge >= 0.3 is 0 Å². The van der Waals surface area contributed by atoms with Crippen molar-refractivity contribution in [3.8, 4) is 11.8 Å². The van der Waals surface area contributed by atoms with E-state index in [0.29, 0.717) is 11.3 Å². The summed E-state index contributed by atoms with van der Waals surface area (Å²) in [5, 5.41) is 8.94. The molecule has 19 heavy (non-hydrogen) atoms. The summed E-state index contributed by atoms with van der Waals surface area (Å²) >= 11 is 0. The zero-order chi connectivity index (χ0) is 14.4. The second-order valence-corrected chi connectivity index (χ2v) is 4.89. The van der Waals surface area contributed by atoms with Crippen molar-refractivity contribution in [2.45, 2.75) is 39.8 Å². The molecule has 0 fully saturated rings. The van der Waals surface area contributed by atoms with Gasteiger partial charge in [-0.15, -0.1) is 0 Å². The number of ether oxygens (including phenoxy) is 1. The molecule has 4 heteroatoms. The Hall–Kier alpha value is -2.02. The minimum absolute atomic E-state index is 0.0466. The third-order valence-electron chi connectivity index (χ3n) is 2.76. The van der Waals surface area contributed by atoms with Crippen molar-refractivity contribution in [1.29, 1.82) is 5.26 Å². The lowest BCUT2D eigenvalue weighted by molar-refractivity contribution is -0.136. The van der Waals surface area contributed by atoms with E-state index in [1.165, 1.54) is 0 Å². The first kappa shape index (κ1) is 15.0. The maximum Gasteiger partial charge on any atom is 0.260 e. The van der Waals surface area contributed by atoms with Gasteiger partial charge in [-0.25, -0.2) is 0 Å². The molecule has 0 atom stereocenters. The molecular formula is C15H20N2O2. The van der Waals surface area contributed by atoms with Crippen molar-refractivity contribution in [2.24, 2.45) is 0 Å².